The Bertz CT molecular complexity index is 1180. The predicted octanol–water partition coefficient (Wildman–Crippen LogP) is 4.94. The lowest BCUT2D eigenvalue weighted by Gasteiger charge is -2.08. The van der Waals surface area contributed by atoms with Crippen LogP contribution >= 0.6 is 0 Å². The molecule has 29 heavy (non-hydrogen) atoms. The third-order valence-corrected chi connectivity index (χ3v) is 4.25. The van der Waals surface area contributed by atoms with Gasteiger partial charge in [-0.2, -0.15) is 8.78 Å². The number of pyridine rings is 1. The van der Waals surface area contributed by atoms with E-state index in [1.54, 1.807) is 12.1 Å². The molecule has 0 aliphatic heterocycles. The van der Waals surface area contributed by atoms with Gasteiger partial charge in [0.25, 0.3) is 5.71 Å². The first kappa shape index (κ1) is 18.5. The average molecular weight is 396 g/mol. The van der Waals surface area contributed by atoms with Crippen molar-refractivity contribution in [2.24, 2.45) is 0 Å². The molecule has 0 saturated carbocycles. The van der Waals surface area contributed by atoms with Gasteiger partial charge in [-0.25, -0.2) is 9.78 Å². The van der Waals surface area contributed by atoms with Gasteiger partial charge in [-0.3, -0.25) is 0 Å². The zero-order chi connectivity index (χ0) is 20.4. The van der Waals surface area contributed by atoms with Crippen LogP contribution < -0.4 is 4.74 Å². The van der Waals surface area contributed by atoms with Gasteiger partial charge in [-0.05, 0) is 18.2 Å². The standard InChI is InChI=1S/C21H14F2N2O4/c1-27-20(26)15-11-16(13-8-5-9-14(10-13)28-21(22)23)24-19-17(15)18(25-29-19)12-6-3-2-4-7-12/h2-11,21H,1H3. The molecule has 146 valence electrons. The number of methoxy groups -OCH3 is 1. The summed E-state index contributed by atoms with van der Waals surface area (Å²) in [6.07, 6.45) is 0. The molecular weight excluding hydrogens is 382 g/mol. The Labute approximate surface area is 163 Å². The number of alkyl halides is 2. The van der Waals surface area contributed by atoms with Crippen LogP contribution in [0.4, 0.5) is 8.78 Å². The van der Waals surface area contributed by atoms with Gasteiger partial charge in [0.15, 0.2) is 0 Å². The van der Waals surface area contributed by atoms with E-state index in [0.29, 0.717) is 22.3 Å². The summed E-state index contributed by atoms with van der Waals surface area (Å²) in [5.41, 5.74) is 2.32. The number of halogens is 2. The minimum absolute atomic E-state index is 0.0263. The van der Waals surface area contributed by atoms with Crippen LogP contribution in [-0.4, -0.2) is 29.8 Å². The van der Waals surface area contributed by atoms with Crippen molar-refractivity contribution in [3.8, 4) is 28.3 Å². The van der Waals surface area contributed by atoms with Crippen molar-refractivity contribution < 1.29 is 27.6 Å². The molecule has 4 rings (SSSR count). The van der Waals surface area contributed by atoms with Crippen molar-refractivity contribution in [1.82, 2.24) is 10.1 Å². The fourth-order valence-electron chi connectivity index (χ4n) is 2.99. The van der Waals surface area contributed by atoms with Gasteiger partial charge in [-0.15, -0.1) is 0 Å². The van der Waals surface area contributed by atoms with E-state index >= 15 is 0 Å². The van der Waals surface area contributed by atoms with Gasteiger partial charge in [0.05, 0.1) is 23.8 Å². The number of aromatic nitrogens is 2. The molecule has 0 saturated heterocycles. The van der Waals surface area contributed by atoms with E-state index in [4.69, 9.17) is 9.26 Å². The molecule has 6 nitrogen and oxygen atoms in total. The summed E-state index contributed by atoms with van der Waals surface area (Å²) in [6, 6.07) is 16.7. The molecule has 0 atom stereocenters. The number of rotatable bonds is 5. The zero-order valence-electron chi connectivity index (χ0n) is 15.1. The van der Waals surface area contributed by atoms with E-state index < -0.39 is 12.6 Å². The molecule has 8 heteroatoms. The number of esters is 1. The quantitative estimate of drug-likeness (QED) is 0.445. The minimum Gasteiger partial charge on any atom is -0.465 e. The Morgan fingerprint density at radius 2 is 1.79 bits per heavy atom. The number of benzene rings is 2. The fourth-order valence-corrected chi connectivity index (χ4v) is 2.99. The number of ether oxygens (including phenoxy) is 2. The SMILES string of the molecule is COC(=O)c1cc(-c2cccc(OC(F)F)c2)nc2onc(-c3ccccc3)c12. The highest BCUT2D eigenvalue weighted by atomic mass is 19.3. The largest absolute Gasteiger partial charge is 0.465 e. The number of carbonyl (C=O) groups excluding carboxylic acids is 1. The van der Waals surface area contributed by atoms with E-state index in [1.807, 2.05) is 30.3 Å². The van der Waals surface area contributed by atoms with E-state index in [-0.39, 0.29) is 17.0 Å². The van der Waals surface area contributed by atoms with Crippen LogP contribution in [0.5, 0.6) is 5.75 Å². The van der Waals surface area contributed by atoms with E-state index in [1.165, 1.54) is 25.3 Å². The lowest BCUT2D eigenvalue weighted by Crippen LogP contribution is -2.04. The highest BCUT2D eigenvalue weighted by Gasteiger charge is 2.22. The third kappa shape index (κ3) is 3.64. The van der Waals surface area contributed by atoms with Crippen molar-refractivity contribution in [3.05, 3.63) is 66.2 Å². The van der Waals surface area contributed by atoms with E-state index in [2.05, 4.69) is 14.9 Å². The summed E-state index contributed by atoms with van der Waals surface area (Å²) in [7, 11) is 1.26. The predicted molar refractivity (Wildman–Crippen MR) is 101 cm³/mol. The number of carbonyl (C=O) groups is 1. The van der Waals surface area contributed by atoms with E-state index in [9.17, 15) is 13.6 Å². The maximum absolute atomic E-state index is 12.5. The maximum Gasteiger partial charge on any atom is 0.387 e. The van der Waals surface area contributed by atoms with Crippen molar-refractivity contribution >= 4 is 17.1 Å². The van der Waals surface area contributed by atoms with Crippen LogP contribution in [0.25, 0.3) is 33.6 Å². The Morgan fingerprint density at radius 3 is 2.52 bits per heavy atom. The molecule has 4 aromatic rings. The first-order chi connectivity index (χ1) is 14.1. The summed E-state index contributed by atoms with van der Waals surface area (Å²) in [6.45, 7) is -2.95. The van der Waals surface area contributed by atoms with Crippen LogP contribution in [0.15, 0.2) is 65.2 Å². The number of fused-ring (bicyclic) bond motifs is 1. The number of nitrogens with zero attached hydrogens (tertiary/aromatic N) is 2. The molecular formula is C21H14F2N2O4. The molecule has 0 aliphatic carbocycles. The summed E-state index contributed by atoms with van der Waals surface area (Å²) in [4.78, 5) is 16.9. The summed E-state index contributed by atoms with van der Waals surface area (Å²) in [5, 5.41) is 4.47. The molecule has 2 heterocycles. The van der Waals surface area contributed by atoms with Crippen LogP contribution in [0.1, 0.15) is 10.4 Å². The molecule has 0 fully saturated rings. The molecule has 0 amide bonds. The van der Waals surface area contributed by atoms with Crippen LogP contribution in [0.3, 0.4) is 0 Å². The van der Waals surface area contributed by atoms with E-state index in [0.717, 1.165) is 5.56 Å². The molecule has 0 bridgehead atoms. The highest BCUT2D eigenvalue weighted by Crippen LogP contribution is 2.33. The summed E-state index contributed by atoms with van der Waals surface area (Å²) >= 11 is 0. The van der Waals surface area contributed by atoms with Gasteiger partial charge < -0.3 is 14.0 Å². The third-order valence-electron chi connectivity index (χ3n) is 4.25. The number of hydrogen-bond acceptors (Lipinski definition) is 6. The molecule has 0 spiro atoms. The smallest absolute Gasteiger partial charge is 0.387 e. The molecule has 0 unspecified atom stereocenters. The van der Waals surface area contributed by atoms with Crippen molar-refractivity contribution in [3.63, 3.8) is 0 Å². The molecule has 2 aromatic carbocycles. The second-order valence-electron chi connectivity index (χ2n) is 6.03. The zero-order valence-corrected chi connectivity index (χ0v) is 15.1. The second kappa shape index (κ2) is 7.67. The van der Waals surface area contributed by atoms with Crippen molar-refractivity contribution in [2.45, 2.75) is 6.61 Å². The molecule has 0 N–H and O–H groups in total. The molecule has 0 aliphatic rings. The Hall–Kier alpha value is -3.81. The Morgan fingerprint density at radius 1 is 1.03 bits per heavy atom. The van der Waals surface area contributed by atoms with Crippen LogP contribution in [0, 0.1) is 0 Å². The lowest BCUT2D eigenvalue weighted by atomic mass is 10.0. The molecule has 2 aromatic heterocycles. The maximum atomic E-state index is 12.5. The Kier molecular flexibility index (Phi) is 4.90. The summed E-state index contributed by atoms with van der Waals surface area (Å²) < 4.78 is 39.8. The Balaban J connectivity index is 1.89. The van der Waals surface area contributed by atoms with Gasteiger partial charge in [0.2, 0.25) is 0 Å². The first-order valence-corrected chi connectivity index (χ1v) is 8.56. The monoisotopic (exact) mass is 396 g/mol. The van der Waals surface area contributed by atoms with Gasteiger partial charge in [-0.1, -0.05) is 47.6 Å². The van der Waals surface area contributed by atoms with Crippen molar-refractivity contribution in [2.75, 3.05) is 7.11 Å². The molecule has 0 radical (unpaired) electrons. The highest BCUT2D eigenvalue weighted by molar-refractivity contribution is 6.08. The van der Waals surface area contributed by atoms with Crippen molar-refractivity contribution in [1.29, 1.82) is 0 Å². The summed E-state index contributed by atoms with van der Waals surface area (Å²) in [5.74, 6) is -0.624. The number of hydrogen-bond donors (Lipinski definition) is 0. The lowest BCUT2D eigenvalue weighted by molar-refractivity contribution is -0.0498. The second-order valence-corrected chi connectivity index (χ2v) is 6.03. The van der Waals surface area contributed by atoms with Gasteiger partial charge in [0.1, 0.15) is 11.4 Å². The average Bonchev–Trinajstić information content (AvgIpc) is 3.17. The minimum atomic E-state index is -2.95. The topological polar surface area (TPSA) is 74.5 Å². The fraction of sp³-hybridized carbons (Fsp3) is 0.0952. The van der Waals surface area contributed by atoms with Gasteiger partial charge in [0, 0.05) is 11.1 Å². The van der Waals surface area contributed by atoms with Crippen LogP contribution in [0.2, 0.25) is 0 Å². The first-order valence-electron chi connectivity index (χ1n) is 8.56. The normalized spacial score (nSPS) is 11.0. The van der Waals surface area contributed by atoms with Crippen LogP contribution in [-0.2, 0) is 4.74 Å². The van der Waals surface area contributed by atoms with Gasteiger partial charge >= 0.3 is 12.6 Å².